The Labute approximate surface area is 155 Å². The van der Waals surface area contributed by atoms with Gasteiger partial charge < -0.3 is 15.4 Å². The van der Waals surface area contributed by atoms with Crippen LogP contribution in [0.1, 0.15) is 6.42 Å². The minimum atomic E-state index is -1.02. The molecule has 3 aliphatic rings. The minimum Gasteiger partial charge on any atom is -0.477 e. The third kappa shape index (κ3) is 3.25. The number of hydrogen-bond donors (Lipinski definition) is 3. The SMILES string of the molecule is O=C1C=CC2=C3C=CC=CC3NC(C(=O)O)=C2C1.c1ccc2[nH]cnc2c1. The lowest BCUT2D eigenvalue weighted by molar-refractivity contribution is -0.133. The molecule has 1 aliphatic heterocycles. The molecule has 1 aromatic heterocycles. The predicted octanol–water partition coefficient (Wildman–Crippen LogP) is 2.81. The van der Waals surface area contributed by atoms with Crippen LogP contribution in [0.25, 0.3) is 11.0 Å². The fourth-order valence-corrected chi connectivity index (χ4v) is 3.34. The second-order valence-electron chi connectivity index (χ2n) is 6.29. The predicted molar refractivity (Wildman–Crippen MR) is 102 cm³/mol. The van der Waals surface area contributed by atoms with Gasteiger partial charge in [-0.2, -0.15) is 0 Å². The maximum Gasteiger partial charge on any atom is 0.352 e. The molecule has 0 saturated heterocycles. The zero-order valence-electron chi connectivity index (χ0n) is 14.3. The Hall–Kier alpha value is -3.67. The molecule has 134 valence electrons. The van der Waals surface area contributed by atoms with Gasteiger partial charge in [0, 0.05) is 6.42 Å². The number of H-pyrrole nitrogens is 1. The number of nitrogens with zero attached hydrogens (tertiary/aromatic N) is 1. The first-order chi connectivity index (χ1) is 13.1. The number of fused-ring (bicyclic) bond motifs is 3. The first kappa shape index (κ1) is 16.8. The zero-order chi connectivity index (χ0) is 18.8. The first-order valence-corrected chi connectivity index (χ1v) is 8.55. The number of dihydropyridines is 1. The number of rotatable bonds is 1. The van der Waals surface area contributed by atoms with Gasteiger partial charge in [-0.1, -0.05) is 42.5 Å². The standard InChI is InChI=1S/C14H11NO3.C7H6N2/c16-8-5-6-9-10-3-1-2-4-12(10)15-13(14(17)18)11(9)7-8;1-2-4-7-6(3-1)8-5-9-7/h1-6,12,15H,7H2,(H,17,18);1-5H,(H,8,9). The van der Waals surface area contributed by atoms with E-state index in [4.69, 9.17) is 0 Å². The number of ketones is 1. The molecule has 0 saturated carbocycles. The third-order valence-electron chi connectivity index (χ3n) is 4.59. The van der Waals surface area contributed by atoms with E-state index in [9.17, 15) is 14.7 Å². The van der Waals surface area contributed by atoms with E-state index in [0.29, 0.717) is 5.57 Å². The van der Waals surface area contributed by atoms with Crippen LogP contribution in [-0.2, 0) is 9.59 Å². The molecule has 2 aromatic rings. The lowest BCUT2D eigenvalue weighted by atomic mass is 9.82. The van der Waals surface area contributed by atoms with E-state index in [1.54, 1.807) is 12.4 Å². The fourth-order valence-electron chi connectivity index (χ4n) is 3.34. The van der Waals surface area contributed by atoms with Crippen LogP contribution < -0.4 is 5.32 Å². The summed E-state index contributed by atoms with van der Waals surface area (Å²) in [5, 5.41) is 12.2. The molecule has 6 heteroatoms. The summed E-state index contributed by atoms with van der Waals surface area (Å²) in [7, 11) is 0. The molecule has 27 heavy (non-hydrogen) atoms. The molecule has 1 unspecified atom stereocenters. The van der Waals surface area contributed by atoms with Crippen molar-refractivity contribution in [3.63, 3.8) is 0 Å². The molecule has 2 heterocycles. The molecule has 5 rings (SSSR count). The number of aromatic amines is 1. The van der Waals surface area contributed by atoms with Crippen molar-refractivity contribution in [3.05, 3.63) is 89.5 Å². The molecule has 0 radical (unpaired) electrons. The largest absolute Gasteiger partial charge is 0.477 e. The van der Waals surface area contributed by atoms with Crippen molar-refractivity contribution < 1.29 is 14.7 Å². The molecule has 0 bridgehead atoms. The number of hydrogen-bond acceptors (Lipinski definition) is 4. The van der Waals surface area contributed by atoms with Gasteiger partial charge >= 0.3 is 5.97 Å². The number of benzene rings is 1. The van der Waals surface area contributed by atoms with E-state index in [0.717, 1.165) is 22.2 Å². The second-order valence-corrected chi connectivity index (χ2v) is 6.29. The van der Waals surface area contributed by atoms with E-state index in [1.165, 1.54) is 6.08 Å². The second kappa shape index (κ2) is 6.92. The average Bonchev–Trinajstić information content (AvgIpc) is 3.16. The molecule has 2 aliphatic carbocycles. The third-order valence-corrected chi connectivity index (χ3v) is 4.59. The Kier molecular flexibility index (Phi) is 4.30. The topological polar surface area (TPSA) is 95.1 Å². The van der Waals surface area contributed by atoms with Crippen LogP contribution in [0, 0.1) is 0 Å². The lowest BCUT2D eigenvalue weighted by Gasteiger charge is -2.31. The van der Waals surface area contributed by atoms with Gasteiger partial charge in [0.05, 0.1) is 23.4 Å². The summed E-state index contributed by atoms with van der Waals surface area (Å²) in [6.45, 7) is 0. The Balaban J connectivity index is 0.000000167. The number of carbonyl (C=O) groups excluding carboxylic acids is 1. The summed E-state index contributed by atoms with van der Waals surface area (Å²) in [6.07, 6.45) is 12.7. The highest BCUT2D eigenvalue weighted by atomic mass is 16.4. The number of carbonyl (C=O) groups is 2. The number of nitrogens with one attached hydrogen (secondary N) is 2. The summed E-state index contributed by atoms with van der Waals surface area (Å²) in [5.41, 5.74) is 4.71. The smallest absolute Gasteiger partial charge is 0.352 e. The van der Waals surface area contributed by atoms with Gasteiger partial charge in [0.2, 0.25) is 0 Å². The number of carboxylic acid groups (broad SMARTS) is 1. The summed E-state index contributed by atoms with van der Waals surface area (Å²) in [5.74, 6) is -1.09. The fraction of sp³-hybridized carbons (Fsp3) is 0.0952. The van der Waals surface area contributed by atoms with Gasteiger partial charge in [-0.3, -0.25) is 4.79 Å². The lowest BCUT2D eigenvalue weighted by Crippen LogP contribution is -2.38. The van der Waals surface area contributed by atoms with Crippen molar-refractivity contribution in [1.29, 1.82) is 0 Å². The van der Waals surface area contributed by atoms with E-state index in [2.05, 4.69) is 15.3 Å². The highest BCUT2D eigenvalue weighted by molar-refractivity contribution is 5.99. The molecular formula is C21H17N3O3. The van der Waals surface area contributed by atoms with Crippen molar-refractivity contribution in [2.45, 2.75) is 12.5 Å². The molecule has 0 fully saturated rings. The van der Waals surface area contributed by atoms with E-state index in [-0.39, 0.29) is 23.9 Å². The molecule has 1 atom stereocenters. The number of para-hydroxylation sites is 2. The van der Waals surface area contributed by atoms with Gasteiger partial charge in [0.15, 0.2) is 5.78 Å². The minimum absolute atomic E-state index is 0.0660. The molecule has 6 nitrogen and oxygen atoms in total. The molecular weight excluding hydrogens is 342 g/mol. The van der Waals surface area contributed by atoms with Crippen molar-refractivity contribution >= 4 is 22.8 Å². The Morgan fingerprint density at radius 3 is 2.81 bits per heavy atom. The van der Waals surface area contributed by atoms with Crippen LogP contribution in [0.3, 0.4) is 0 Å². The highest BCUT2D eigenvalue weighted by Gasteiger charge is 2.31. The molecule has 0 spiro atoms. The Morgan fingerprint density at radius 2 is 2.00 bits per heavy atom. The summed E-state index contributed by atoms with van der Waals surface area (Å²) >= 11 is 0. The highest BCUT2D eigenvalue weighted by Crippen LogP contribution is 2.34. The van der Waals surface area contributed by atoms with Gasteiger partial charge in [0.25, 0.3) is 0 Å². The first-order valence-electron chi connectivity index (χ1n) is 8.55. The van der Waals surface area contributed by atoms with Gasteiger partial charge in [-0.15, -0.1) is 0 Å². The Morgan fingerprint density at radius 1 is 1.15 bits per heavy atom. The van der Waals surface area contributed by atoms with E-state index >= 15 is 0 Å². The molecule has 1 aromatic carbocycles. The van der Waals surface area contributed by atoms with Crippen molar-refractivity contribution in [2.75, 3.05) is 0 Å². The van der Waals surface area contributed by atoms with Crippen LogP contribution >= 0.6 is 0 Å². The Bertz CT molecular complexity index is 1050. The summed E-state index contributed by atoms with van der Waals surface area (Å²) in [6, 6.07) is 7.82. The monoisotopic (exact) mass is 359 g/mol. The summed E-state index contributed by atoms with van der Waals surface area (Å²) in [4.78, 5) is 29.8. The maximum absolute atomic E-state index is 11.4. The van der Waals surface area contributed by atoms with Crippen LogP contribution in [0.2, 0.25) is 0 Å². The van der Waals surface area contributed by atoms with Gasteiger partial charge in [-0.05, 0) is 34.9 Å². The van der Waals surface area contributed by atoms with E-state index in [1.807, 2.05) is 48.6 Å². The molecule has 3 N–H and O–H groups in total. The van der Waals surface area contributed by atoms with Crippen LogP contribution in [0.4, 0.5) is 0 Å². The average molecular weight is 359 g/mol. The zero-order valence-corrected chi connectivity index (χ0v) is 14.3. The number of aliphatic carboxylic acids is 1. The normalized spacial score (nSPS) is 20.0. The van der Waals surface area contributed by atoms with Crippen LogP contribution in [-0.4, -0.2) is 32.9 Å². The number of aromatic nitrogens is 2. The van der Waals surface area contributed by atoms with Crippen LogP contribution in [0.5, 0.6) is 0 Å². The van der Waals surface area contributed by atoms with Gasteiger partial charge in [0.1, 0.15) is 5.70 Å². The number of carboxylic acids is 1. The van der Waals surface area contributed by atoms with Crippen molar-refractivity contribution in [2.24, 2.45) is 0 Å². The maximum atomic E-state index is 11.4. The quantitative estimate of drug-likeness (QED) is 0.728. The van der Waals surface area contributed by atoms with Crippen molar-refractivity contribution in [3.8, 4) is 0 Å². The van der Waals surface area contributed by atoms with E-state index < -0.39 is 5.97 Å². The number of allylic oxidation sites excluding steroid dienone is 6. The van der Waals surface area contributed by atoms with Crippen LogP contribution in [0.15, 0.2) is 89.5 Å². The molecule has 0 amide bonds. The van der Waals surface area contributed by atoms with Gasteiger partial charge in [-0.25, -0.2) is 9.78 Å². The summed E-state index contributed by atoms with van der Waals surface area (Å²) < 4.78 is 0. The number of imidazole rings is 1. The van der Waals surface area contributed by atoms with Crippen molar-refractivity contribution in [1.82, 2.24) is 15.3 Å².